The van der Waals surface area contributed by atoms with Gasteiger partial charge in [-0.3, -0.25) is 14.4 Å². The number of nitrogens with one attached hydrogen (secondary N) is 1. The van der Waals surface area contributed by atoms with Crippen LogP contribution in [-0.4, -0.2) is 49.5 Å². The van der Waals surface area contributed by atoms with Crippen LogP contribution >= 0.6 is 35.1 Å². The lowest BCUT2D eigenvalue weighted by atomic mass is 9.87. The first-order valence-electron chi connectivity index (χ1n) is 12.7. The van der Waals surface area contributed by atoms with Gasteiger partial charge in [0.1, 0.15) is 11.6 Å². The number of benzene rings is 2. The molecule has 1 saturated carbocycles. The van der Waals surface area contributed by atoms with Gasteiger partial charge in [-0.15, -0.1) is 0 Å². The molecule has 2 aliphatic rings. The molecule has 2 fully saturated rings. The number of amides is 1. The molecule has 4 rings (SSSR count). The molecule has 37 heavy (non-hydrogen) atoms. The van der Waals surface area contributed by atoms with E-state index in [4.69, 9.17) is 32.7 Å². The number of hydrogen-bond donors (Lipinski definition) is 1. The molecule has 1 aliphatic heterocycles. The number of hydrogen-bond acceptors (Lipinski definition) is 5. The molecule has 0 spiro atoms. The van der Waals surface area contributed by atoms with E-state index in [1.165, 1.54) is 6.07 Å². The van der Waals surface area contributed by atoms with Crippen molar-refractivity contribution in [2.24, 2.45) is 5.92 Å². The monoisotopic (exact) mass is 568 g/mol. The average molecular weight is 570 g/mol. The summed E-state index contributed by atoms with van der Waals surface area (Å²) in [7, 11) is 1.73. The van der Waals surface area contributed by atoms with Crippen molar-refractivity contribution in [3.63, 3.8) is 0 Å². The maximum atomic E-state index is 14.8. The SMILES string of the molecule is COC(C)(C)C(c1cc(Cl)cc(Cl)c1)N1CCC(COc2cc(F)c(C(=O)NSC)cc2C2CC2)CC1. The Labute approximate surface area is 233 Å². The molecule has 0 bridgehead atoms. The minimum absolute atomic E-state index is 0.00823. The summed E-state index contributed by atoms with van der Waals surface area (Å²) in [6.07, 6.45) is 5.70. The molecule has 5 nitrogen and oxygen atoms in total. The molecule has 1 N–H and O–H groups in total. The summed E-state index contributed by atoms with van der Waals surface area (Å²) in [5, 5.41) is 1.22. The zero-order valence-corrected chi connectivity index (χ0v) is 24.1. The highest BCUT2D eigenvalue weighted by molar-refractivity contribution is 7.97. The van der Waals surface area contributed by atoms with Gasteiger partial charge >= 0.3 is 0 Å². The Kier molecular flexibility index (Phi) is 9.34. The van der Waals surface area contributed by atoms with Crippen molar-refractivity contribution >= 4 is 41.1 Å². The van der Waals surface area contributed by atoms with E-state index in [0.717, 1.165) is 61.8 Å². The van der Waals surface area contributed by atoms with Crippen molar-refractivity contribution in [2.45, 2.75) is 57.1 Å². The quantitative estimate of drug-likeness (QED) is 0.305. The van der Waals surface area contributed by atoms with Gasteiger partial charge in [-0.05, 0) is 99.8 Å². The molecule has 9 heteroatoms. The van der Waals surface area contributed by atoms with E-state index in [1.54, 1.807) is 25.5 Å². The first-order chi connectivity index (χ1) is 17.6. The van der Waals surface area contributed by atoms with Crippen LogP contribution in [0.5, 0.6) is 5.75 Å². The van der Waals surface area contributed by atoms with E-state index in [9.17, 15) is 9.18 Å². The first kappa shape index (κ1) is 28.5. The molecule has 1 atom stereocenters. The average Bonchev–Trinajstić information content (AvgIpc) is 3.68. The Bertz CT molecular complexity index is 1100. The van der Waals surface area contributed by atoms with Crippen molar-refractivity contribution < 1.29 is 18.7 Å². The summed E-state index contributed by atoms with van der Waals surface area (Å²) in [6, 6.07) is 8.72. The largest absolute Gasteiger partial charge is 0.493 e. The van der Waals surface area contributed by atoms with Crippen LogP contribution in [0.1, 0.15) is 73.0 Å². The third-order valence-corrected chi connectivity index (χ3v) is 8.26. The highest BCUT2D eigenvalue weighted by Crippen LogP contribution is 2.45. The number of methoxy groups -OCH3 is 1. The van der Waals surface area contributed by atoms with Crippen molar-refractivity contribution in [1.82, 2.24) is 9.62 Å². The minimum atomic E-state index is -0.550. The maximum absolute atomic E-state index is 14.8. The molecule has 1 amide bonds. The maximum Gasteiger partial charge on any atom is 0.264 e. The topological polar surface area (TPSA) is 50.8 Å². The fraction of sp³-hybridized carbons (Fsp3) is 0.536. The summed E-state index contributed by atoms with van der Waals surface area (Å²) in [6.45, 7) is 6.42. The van der Waals surface area contributed by atoms with Crippen LogP contribution in [0.25, 0.3) is 0 Å². The summed E-state index contributed by atoms with van der Waals surface area (Å²) < 4.78 is 29.5. The molecule has 0 aromatic heterocycles. The van der Waals surface area contributed by atoms with Crippen molar-refractivity contribution in [2.75, 3.05) is 33.1 Å². The molecular weight excluding hydrogens is 534 g/mol. The standard InChI is InChI=1S/C28H35Cl2FN2O3S/c1-28(2,35-3)26(19-11-20(29)13-21(30)12-19)33-9-7-17(8-10-33)16-36-25-15-24(31)23(27(34)32-37-4)14-22(25)18-5-6-18/h11-15,17-18,26H,5-10,16H2,1-4H3,(H,32,34). The molecule has 0 radical (unpaired) electrons. The molecule has 2 aromatic rings. The van der Waals surface area contributed by atoms with Crippen LogP contribution in [0.3, 0.4) is 0 Å². The van der Waals surface area contributed by atoms with Gasteiger partial charge in [0, 0.05) is 29.5 Å². The summed E-state index contributed by atoms with van der Waals surface area (Å²) >= 11 is 13.8. The van der Waals surface area contributed by atoms with E-state index < -0.39 is 17.3 Å². The van der Waals surface area contributed by atoms with E-state index in [0.29, 0.717) is 34.2 Å². The fourth-order valence-electron chi connectivity index (χ4n) is 5.21. The highest BCUT2D eigenvalue weighted by atomic mass is 35.5. The fourth-order valence-corrected chi connectivity index (χ4v) is 6.05. The third kappa shape index (κ3) is 6.93. The molecule has 1 heterocycles. The lowest BCUT2D eigenvalue weighted by Gasteiger charge is -2.44. The van der Waals surface area contributed by atoms with Crippen LogP contribution in [0, 0.1) is 11.7 Å². The van der Waals surface area contributed by atoms with Crippen LogP contribution in [0.15, 0.2) is 30.3 Å². The number of rotatable bonds is 10. The predicted molar refractivity (Wildman–Crippen MR) is 149 cm³/mol. The molecule has 1 saturated heterocycles. The minimum Gasteiger partial charge on any atom is -0.493 e. The van der Waals surface area contributed by atoms with Crippen LogP contribution in [0.2, 0.25) is 10.0 Å². The third-order valence-electron chi connectivity index (χ3n) is 7.43. The molecule has 1 unspecified atom stereocenters. The second-order valence-corrected chi connectivity index (χ2v) is 12.0. The van der Waals surface area contributed by atoms with E-state index >= 15 is 0 Å². The first-order valence-corrected chi connectivity index (χ1v) is 14.7. The smallest absolute Gasteiger partial charge is 0.264 e. The van der Waals surface area contributed by atoms with E-state index in [1.807, 2.05) is 12.1 Å². The Hall–Kier alpha value is -1.51. The normalized spacial score (nSPS) is 18.0. The van der Waals surface area contributed by atoms with E-state index in [2.05, 4.69) is 23.5 Å². The summed E-state index contributed by atoms with van der Waals surface area (Å²) in [5.74, 6) is 0.279. The van der Waals surface area contributed by atoms with E-state index in [-0.39, 0.29) is 11.6 Å². The zero-order chi connectivity index (χ0) is 26.7. The summed E-state index contributed by atoms with van der Waals surface area (Å²) in [4.78, 5) is 14.7. The Morgan fingerprint density at radius 3 is 2.35 bits per heavy atom. The number of nitrogens with zero attached hydrogens (tertiary/aromatic N) is 1. The van der Waals surface area contributed by atoms with Gasteiger partial charge in [-0.25, -0.2) is 4.39 Å². The zero-order valence-electron chi connectivity index (χ0n) is 21.8. The van der Waals surface area contributed by atoms with Gasteiger partial charge in [0.2, 0.25) is 0 Å². The van der Waals surface area contributed by atoms with Gasteiger partial charge in [-0.1, -0.05) is 35.1 Å². The van der Waals surface area contributed by atoms with Crippen LogP contribution in [-0.2, 0) is 4.74 Å². The second-order valence-electron chi connectivity index (χ2n) is 10.5. The number of carbonyl (C=O) groups excluding carboxylic acids is 1. The van der Waals surface area contributed by atoms with Crippen LogP contribution < -0.4 is 9.46 Å². The highest BCUT2D eigenvalue weighted by Gasteiger charge is 2.38. The van der Waals surface area contributed by atoms with Gasteiger partial charge in [0.05, 0.1) is 23.8 Å². The lowest BCUT2D eigenvalue weighted by Crippen LogP contribution is -2.47. The predicted octanol–water partition coefficient (Wildman–Crippen LogP) is 7.27. The second kappa shape index (κ2) is 12.1. The lowest BCUT2D eigenvalue weighted by molar-refractivity contribution is -0.0644. The van der Waals surface area contributed by atoms with Gasteiger partial charge in [0.15, 0.2) is 0 Å². The Morgan fingerprint density at radius 2 is 1.78 bits per heavy atom. The number of ether oxygens (including phenoxy) is 2. The summed E-state index contributed by atoms with van der Waals surface area (Å²) in [5.41, 5.74) is 1.60. The van der Waals surface area contributed by atoms with Crippen molar-refractivity contribution in [3.05, 3.63) is 62.9 Å². The molecular formula is C28H35Cl2FN2O3S. The number of carbonyl (C=O) groups is 1. The Morgan fingerprint density at radius 1 is 1.14 bits per heavy atom. The van der Waals surface area contributed by atoms with Gasteiger partial charge < -0.3 is 9.47 Å². The van der Waals surface area contributed by atoms with Gasteiger partial charge in [-0.2, -0.15) is 0 Å². The number of piperidine rings is 1. The number of halogens is 3. The van der Waals surface area contributed by atoms with Gasteiger partial charge in [0.25, 0.3) is 5.91 Å². The molecule has 1 aliphatic carbocycles. The van der Waals surface area contributed by atoms with Crippen molar-refractivity contribution in [3.8, 4) is 5.75 Å². The number of likely N-dealkylation sites (tertiary alicyclic amines) is 1. The molecule has 202 valence electrons. The Balaban J connectivity index is 1.43. The molecule has 2 aromatic carbocycles. The van der Waals surface area contributed by atoms with Crippen molar-refractivity contribution in [1.29, 1.82) is 0 Å². The van der Waals surface area contributed by atoms with Crippen LogP contribution in [0.4, 0.5) is 4.39 Å².